The minimum atomic E-state index is 0.373. The van der Waals surface area contributed by atoms with Crippen molar-refractivity contribution in [3.8, 4) is 5.75 Å². The Balaban J connectivity index is 2.05. The van der Waals surface area contributed by atoms with Gasteiger partial charge in [-0.3, -0.25) is 4.90 Å². The van der Waals surface area contributed by atoms with Gasteiger partial charge in [0.15, 0.2) is 0 Å². The van der Waals surface area contributed by atoms with E-state index in [9.17, 15) is 5.11 Å². The summed E-state index contributed by atoms with van der Waals surface area (Å²) in [5, 5.41) is 12.9. The SMILES string of the molecule is CN(Cc1cc(Br)ccc1O)C1CNC1. The van der Waals surface area contributed by atoms with Gasteiger partial charge in [0.25, 0.3) is 0 Å². The van der Waals surface area contributed by atoms with E-state index in [1.807, 2.05) is 12.1 Å². The van der Waals surface area contributed by atoms with Gasteiger partial charge in [0.05, 0.1) is 0 Å². The summed E-state index contributed by atoms with van der Waals surface area (Å²) in [7, 11) is 2.09. The first kappa shape index (κ1) is 10.9. The predicted octanol–water partition coefficient (Wildman–Crippen LogP) is 1.56. The van der Waals surface area contributed by atoms with E-state index in [4.69, 9.17) is 0 Å². The Kier molecular flexibility index (Phi) is 3.29. The number of halogens is 1. The van der Waals surface area contributed by atoms with Gasteiger partial charge in [0, 0.05) is 35.7 Å². The topological polar surface area (TPSA) is 35.5 Å². The highest BCUT2D eigenvalue weighted by Gasteiger charge is 2.21. The van der Waals surface area contributed by atoms with Crippen molar-refractivity contribution in [3.05, 3.63) is 28.2 Å². The van der Waals surface area contributed by atoms with E-state index in [0.29, 0.717) is 11.8 Å². The summed E-state index contributed by atoms with van der Waals surface area (Å²) in [4.78, 5) is 2.26. The maximum absolute atomic E-state index is 9.69. The summed E-state index contributed by atoms with van der Waals surface area (Å²) in [5.74, 6) is 0.373. The Morgan fingerprint density at radius 2 is 2.27 bits per heavy atom. The van der Waals surface area contributed by atoms with Gasteiger partial charge in [0.1, 0.15) is 5.75 Å². The van der Waals surface area contributed by atoms with Gasteiger partial charge in [-0.2, -0.15) is 0 Å². The van der Waals surface area contributed by atoms with Gasteiger partial charge in [-0.1, -0.05) is 15.9 Å². The second-order valence-electron chi connectivity index (χ2n) is 4.00. The molecule has 3 nitrogen and oxygen atoms in total. The fourth-order valence-corrected chi connectivity index (χ4v) is 2.07. The van der Waals surface area contributed by atoms with Gasteiger partial charge >= 0.3 is 0 Å². The molecule has 1 heterocycles. The average Bonchev–Trinajstić information content (AvgIpc) is 2.08. The Hall–Kier alpha value is -0.580. The minimum Gasteiger partial charge on any atom is -0.508 e. The number of nitrogens with zero attached hydrogens (tertiary/aromatic N) is 1. The zero-order valence-corrected chi connectivity index (χ0v) is 10.3. The number of rotatable bonds is 3. The maximum Gasteiger partial charge on any atom is 0.120 e. The number of hydrogen-bond donors (Lipinski definition) is 2. The summed E-state index contributed by atoms with van der Waals surface area (Å²) >= 11 is 3.41. The van der Waals surface area contributed by atoms with Gasteiger partial charge in [0.2, 0.25) is 0 Å². The predicted molar refractivity (Wildman–Crippen MR) is 63.9 cm³/mol. The van der Waals surface area contributed by atoms with E-state index in [0.717, 1.165) is 29.7 Å². The van der Waals surface area contributed by atoms with Crippen LogP contribution in [0.2, 0.25) is 0 Å². The molecule has 0 amide bonds. The molecule has 0 bridgehead atoms. The molecule has 2 rings (SSSR count). The minimum absolute atomic E-state index is 0.373. The van der Waals surface area contributed by atoms with Crippen LogP contribution < -0.4 is 5.32 Å². The third kappa shape index (κ3) is 2.51. The highest BCUT2D eigenvalue weighted by molar-refractivity contribution is 9.10. The molecule has 0 atom stereocenters. The summed E-state index contributed by atoms with van der Waals surface area (Å²) < 4.78 is 1.01. The van der Waals surface area contributed by atoms with E-state index in [-0.39, 0.29) is 0 Å². The molecule has 1 fully saturated rings. The van der Waals surface area contributed by atoms with Crippen molar-refractivity contribution in [2.45, 2.75) is 12.6 Å². The zero-order valence-electron chi connectivity index (χ0n) is 8.70. The van der Waals surface area contributed by atoms with E-state index >= 15 is 0 Å². The summed E-state index contributed by atoms with van der Waals surface area (Å²) in [6.45, 7) is 2.88. The number of phenolic OH excluding ortho intramolecular Hbond substituents is 1. The van der Waals surface area contributed by atoms with Crippen LogP contribution in [0.5, 0.6) is 5.75 Å². The third-order valence-corrected chi connectivity index (χ3v) is 3.34. The number of likely N-dealkylation sites (N-methyl/N-ethyl adjacent to an activating group) is 1. The molecule has 0 spiro atoms. The van der Waals surface area contributed by atoms with Crippen LogP contribution >= 0.6 is 15.9 Å². The number of phenols is 1. The molecule has 1 aromatic carbocycles. The largest absolute Gasteiger partial charge is 0.508 e. The van der Waals surface area contributed by atoms with E-state index in [1.165, 1.54) is 0 Å². The molecular weight excluding hydrogens is 256 g/mol. The van der Waals surface area contributed by atoms with Crippen LogP contribution in [-0.2, 0) is 6.54 Å². The highest BCUT2D eigenvalue weighted by atomic mass is 79.9. The van der Waals surface area contributed by atoms with Gasteiger partial charge in [-0.05, 0) is 25.2 Å². The molecule has 1 aliphatic rings. The molecule has 2 N–H and O–H groups in total. The van der Waals surface area contributed by atoms with Crippen molar-refractivity contribution in [1.82, 2.24) is 10.2 Å². The Bertz CT molecular complexity index is 352. The Morgan fingerprint density at radius 1 is 1.53 bits per heavy atom. The van der Waals surface area contributed by atoms with Crippen molar-refractivity contribution >= 4 is 15.9 Å². The fourth-order valence-electron chi connectivity index (χ4n) is 1.66. The van der Waals surface area contributed by atoms with Gasteiger partial charge in [-0.25, -0.2) is 0 Å². The van der Waals surface area contributed by atoms with E-state index < -0.39 is 0 Å². The first-order valence-corrected chi connectivity index (χ1v) is 5.84. The number of benzene rings is 1. The molecular formula is C11H15BrN2O. The quantitative estimate of drug-likeness (QED) is 0.875. The first-order chi connectivity index (χ1) is 7.16. The normalized spacial score (nSPS) is 16.7. The van der Waals surface area contributed by atoms with Crippen molar-refractivity contribution in [1.29, 1.82) is 0 Å². The Labute approximate surface area is 98.2 Å². The van der Waals surface area contributed by atoms with Crippen LogP contribution in [0.3, 0.4) is 0 Å². The molecule has 1 aromatic rings. The van der Waals surface area contributed by atoms with Gasteiger partial charge in [-0.15, -0.1) is 0 Å². The zero-order chi connectivity index (χ0) is 10.8. The first-order valence-electron chi connectivity index (χ1n) is 5.05. The fraction of sp³-hybridized carbons (Fsp3) is 0.455. The monoisotopic (exact) mass is 270 g/mol. The molecule has 0 aliphatic carbocycles. The molecule has 15 heavy (non-hydrogen) atoms. The second-order valence-corrected chi connectivity index (χ2v) is 4.92. The maximum atomic E-state index is 9.69. The van der Waals surface area contributed by atoms with Crippen molar-refractivity contribution in [2.75, 3.05) is 20.1 Å². The van der Waals surface area contributed by atoms with E-state index in [2.05, 4.69) is 33.2 Å². The lowest BCUT2D eigenvalue weighted by Gasteiger charge is -2.35. The van der Waals surface area contributed by atoms with Crippen molar-refractivity contribution in [3.63, 3.8) is 0 Å². The van der Waals surface area contributed by atoms with Crippen LogP contribution in [0.4, 0.5) is 0 Å². The number of hydrogen-bond acceptors (Lipinski definition) is 3. The lowest BCUT2D eigenvalue weighted by Crippen LogP contribution is -2.55. The van der Waals surface area contributed by atoms with Crippen LogP contribution in [-0.4, -0.2) is 36.2 Å². The van der Waals surface area contributed by atoms with Gasteiger partial charge < -0.3 is 10.4 Å². The molecule has 0 saturated carbocycles. The molecule has 0 unspecified atom stereocenters. The molecule has 1 saturated heterocycles. The van der Waals surface area contributed by atoms with Crippen LogP contribution in [0.1, 0.15) is 5.56 Å². The molecule has 4 heteroatoms. The van der Waals surface area contributed by atoms with E-state index in [1.54, 1.807) is 6.07 Å². The smallest absolute Gasteiger partial charge is 0.120 e. The third-order valence-electron chi connectivity index (χ3n) is 2.84. The number of aromatic hydroxyl groups is 1. The van der Waals surface area contributed by atoms with Crippen LogP contribution in [0.25, 0.3) is 0 Å². The van der Waals surface area contributed by atoms with Crippen LogP contribution in [0, 0.1) is 0 Å². The summed E-state index contributed by atoms with van der Waals surface area (Å²) in [5.41, 5.74) is 0.971. The van der Waals surface area contributed by atoms with Crippen molar-refractivity contribution < 1.29 is 5.11 Å². The molecule has 82 valence electrons. The summed E-state index contributed by atoms with van der Waals surface area (Å²) in [6.07, 6.45) is 0. The van der Waals surface area contributed by atoms with Crippen molar-refractivity contribution in [2.24, 2.45) is 0 Å². The molecule has 1 aliphatic heterocycles. The molecule has 0 radical (unpaired) electrons. The highest BCUT2D eigenvalue weighted by Crippen LogP contribution is 2.23. The molecule has 0 aromatic heterocycles. The number of nitrogens with one attached hydrogen (secondary N) is 1. The average molecular weight is 271 g/mol. The lowest BCUT2D eigenvalue weighted by molar-refractivity contribution is 0.171. The second kappa shape index (κ2) is 4.51. The Morgan fingerprint density at radius 3 is 2.87 bits per heavy atom. The lowest BCUT2D eigenvalue weighted by atomic mass is 10.1. The summed E-state index contributed by atoms with van der Waals surface area (Å²) in [6, 6.07) is 6.15. The standard InChI is InChI=1S/C11H15BrN2O/c1-14(10-5-13-6-10)7-8-4-9(12)2-3-11(8)15/h2-4,10,13,15H,5-7H2,1H3. The van der Waals surface area contributed by atoms with Crippen LogP contribution in [0.15, 0.2) is 22.7 Å².